The van der Waals surface area contributed by atoms with Crippen LogP contribution in [-0.4, -0.2) is 5.75 Å². The highest BCUT2D eigenvalue weighted by Crippen LogP contribution is 2.06. The fourth-order valence-corrected chi connectivity index (χ4v) is 0.298. The second-order valence-electron chi connectivity index (χ2n) is 1.08. The molecule has 0 aliphatic rings. The molecule has 0 aromatic rings. The molecule has 0 fully saturated rings. The van der Waals surface area contributed by atoms with Crippen LogP contribution >= 0.6 is 12.6 Å². The molecule has 0 aromatic carbocycles. The Morgan fingerprint density at radius 1 is 1.57 bits per heavy atom. The van der Waals surface area contributed by atoms with E-state index in [2.05, 4.69) is 12.6 Å². The van der Waals surface area contributed by atoms with Gasteiger partial charge < -0.3 is 0 Å². The van der Waals surface area contributed by atoms with Crippen LogP contribution in [0.2, 0.25) is 0 Å². The molecule has 3 heteroatoms. The Morgan fingerprint density at radius 2 is 2.00 bits per heavy atom. The molecule has 0 saturated heterocycles. The average molecular weight is 123 g/mol. The Hall–Kier alpha value is -0.0500. The van der Waals surface area contributed by atoms with Gasteiger partial charge in [-0.05, 0) is 6.92 Å². The molecule has 0 aliphatic heterocycles. The van der Waals surface area contributed by atoms with E-state index >= 15 is 0 Å². The Labute approximate surface area is 46.6 Å². The minimum absolute atomic E-state index is 0.262. The van der Waals surface area contributed by atoms with Crippen LogP contribution in [0.25, 0.3) is 0 Å². The number of hydrogen-bond acceptors (Lipinski definition) is 0. The van der Waals surface area contributed by atoms with E-state index in [9.17, 15) is 8.78 Å². The van der Waals surface area contributed by atoms with Gasteiger partial charge in [0, 0.05) is 0 Å². The van der Waals surface area contributed by atoms with Gasteiger partial charge in [-0.15, -0.1) is 0 Å². The van der Waals surface area contributed by atoms with Gasteiger partial charge in [0.25, 0.3) is 0 Å². The number of halogens is 2. The summed E-state index contributed by atoms with van der Waals surface area (Å²) in [6.07, 6.45) is 0. The van der Waals surface area contributed by atoms with Crippen molar-refractivity contribution in [3.05, 3.63) is 11.7 Å². The van der Waals surface area contributed by atoms with Gasteiger partial charge in [-0.25, -0.2) is 8.78 Å². The van der Waals surface area contributed by atoms with Gasteiger partial charge in [-0.3, -0.25) is 0 Å². The zero-order chi connectivity index (χ0) is 5.86. The quantitative estimate of drug-likeness (QED) is 0.502. The van der Waals surface area contributed by atoms with Crippen molar-refractivity contribution in [2.24, 2.45) is 0 Å². The highest BCUT2D eigenvalue weighted by atomic mass is 32.1. The van der Waals surface area contributed by atoms with Crippen LogP contribution in [0.4, 0.5) is 8.78 Å². The van der Waals surface area contributed by atoms with E-state index in [4.69, 9.17) is 0 Å². The summed E-state index contributed by atoms with van der Waals surface area (Å²) in [4.78, 5) is 0. The van der Waals surface area contributed by atoms with Crippen molar-refractivity contribution in [1.82, 2.24) is 0 Å². The Balaban J connectivity index is 3.72. The second kappa shape index (κ2) is 3.02. The van der Waals surface area contributed by atoms with E-state index in [1.165, 1.54) is 0 Å². The third-order valence-electron chi connectivity index (χ3n) is 0.501. The van der Waals surface area contributed by atoms with Crippen molar-refractivity contribution in [2.45, 2.75) is 6.92 Å². The molecule has 0 rings (SSSR count). The fraction of sp³-hybridized carbons (Fsp3) is 0.500. The molecular weight excluding hydrogens is 118 g/mol. The standard InChI is InChI=1S/C4H5F2S/c1-3(5)4(6)2-7/h2H2,1H3/b4-3+. The minimum atomic E-state index is -0.838. The normalized spacial score (nSPS) is 13.7. The van der Waals surface area contributed by atoms with E-state index in [0.717, 1.165) is 6.92 Å². The summed E-state index contributed by atoms with van der Waals surface area (Å²) in [7, 11) is 0. The zero-order valence-corrected chi connectivity index (χ0v) is 4.69. The third kappa shape index (κ3) is 2.62. The maximum Gasteiger partial charge on any atom is 0.142 e. The van der Waals surface area contributed by atoms with Gasteiger partial charge in [0.05, 0.1) is 5.75 Å². The maximum absolute atomic E-state index is 11.7. The molecule has 0 bridgehead atoms. The minimum Gasteiger partial charge on any atom is -0.209 e. The first-order chi connectivity index (χ1) is 3.18. The summed E-state index contributed by atoms with van der Waals surface area (Å²) in [5.41, 5.74) is 0. The predicted molar refractivity (Wildman–Crippen MR) is 27.4 cm³/mol. The van der Waals surface area contributed by atoms with Crippen molar-refractivity contribution in [3.63, 3.8) is 0 Å². The molecule has 0 aromatic heterocycles. The first kappa shape index (κ1) is 6.95. The highest BCUT2D eigenvalue weighted by Gasteiger charge is 1.94. The molecule has 0 amide bonds. The van der Waals surface area contributed by atoms with Crippen LogP contribution in [0.5, 0.6) is 0 Å². The monoisotopic (exact) mass is 123 g/mol. The first-order valence-corrected chi connectivity index (χ1v) is 2.35. The number of hydrogen-bond donors (Lipinski definition) is 0. The van der Waals surface area contributed by atoms with E-state index in [1.807, 2.05) is 0 Å². The summed E-state index contributed by atoms with van der Waals surface area (Å²) in [5.74, 6) is -1.91. The number of allylic oxidation sites excluding steroid dienone is 1. The lowest BCUT2D eigenvalue weighted by Crippen LogP contribution is -1.74. The van der Waals surface area contributed by atoms with Crippen molar-refractivity contribution >= 4 is 12.6 Å². The molecule has 0 heterocycles. The van der Waals surface area contributed by atoms with E-state index in [-0.39, 0.29) is 5.75 Å². The van der Waals surface area contributed by atoms with Crippen LogP contribution in [0.3, 0.4) is 0 Å². The van der Waals surface area contributed by atoms with Crippen molar-refractivity contribution in [1.29, 1.82) is 0 Å². The molecule has 0 unspecified atom stereocenters. The molecule has 0 atom stereocenters. The third-order valence-corrected chi connectivity index (χ3v) is 0.754. The molecule has 0 saturated carbocycles. The smallest absolute Gasteiger partial charge is 0.142 e. The molecule has 0 spiro atoms. The summed E-state index contributed by atoms with van der Waals surface area (Å²) in [6, 6.07) is 0. The second-order valence-corrected chi connectivity index (χ2v) is 1.37. The zero-order valence-electron chi connectivity index (χ0n) is 3.87. The Morgan fingerprint density at radius 3 is 2.00 bits per heavy atom. The molecular formula is C4H5F2S. The lowest BCUT2D eigenvalue weighted by atomic mass is 10.5. The van der Waals surface area contributed by atoms with E-state index < -0.39 is 11.7 Å². The van der Waals surface area contributed by atoms with Crippen LogP contribution in [0, 0.1) is 0 Å². The van der Waals surface area contributed by atoms with Crippen molar-refractivity contribution in [3.8, 4) is 0 Å². The summed E-state index contributed by atoms with van der Waals surface area (Å²) >= 11 is 4.18. The SMILES string of the molecule is C/C(F)=C(\F)C[S]. The molecule has 0 aliphatic carbocycles. The van der Waals surface area contributed by atoms with Gasteiger partial charge in [-0.1, -0.05) is 12.6 Å². The van der Waals surface area contributed by atoms with Crippen molar-refractivity contribution in [2.75, 3.05) is 5.75 Å². The molecule has 1 radical (unpaired) electrons. The van der Waals surface area contributed by atoms with Crippen molar-refractivity contribution < 1.29 is 8.78 Å². The first-order valence-electron chi connectivity index (χ1n) is 1.77. The molecule has 0 N–H and O–H groups in total. The number of rotatable bonds is 1. The Kier molecular flexibility index (Phi) is 3.00. The molecule has 7 heavy (non-hydrogen) atoms. The molecule has 41 valence electrons. The summed E-state index contributed by atoms with van der Waals surface area (Å²) in [5, 5.41) is 0. The van der Waals surface area contributed by atoms with Crippen LogP contribution in [-0.2, 0) is 0 Å². The van der Waals surface area contributed by atoms with Gasteiger partial charge >= 0.3 is 0 Å². The topological polar surface area (TPSA) is 0 Å². The lowest BCUT2D eigenvalue weighted by molar-refractivity contribution is 0.542. The van der Waals surface area contributed by atoms with Gasteiger partial charge in [-0.2, -0.15) is 0 Å². The van der Waals surface area contributed by atoms with E-state index in [1.54, 1.807) is 0 Å². The van der Waals surface area contributed by atoms with Crippen LogP contribution < -0.4 is 0 Å². The predicted octanol–water partition coefficient (Wildman–Crippen LogP) is 2.35. The van der Waals surface area contributed by atoms with Gasteiger partial charge in [0.15, 0.2) is 0 Å². The largest absolute Gasteiger partial charge is 0.209 e. The lowest BCUT2D eigenvalue weighted by Gasteiger charge is -1.84. The maximum atomic E-state index is 11.7. The van der Waals surface area contributed by atoms with Crippen LogP contribution in [0.15, 0.2) is 11.7 Å². The van der Waals surface area contributed by atoms with E-state index in [0.29, 0.717) is 0 Å². The highest BCUT2D eigenvalue weighted by molar-refractivity contribution is 7.80. The van der Waals surface area contributed by atoms with Gasteiger partial charge in [0.2, 0.25) is 0 Å². The Bertz CT molecular complexity index is 83.7. The fourth-order valence-electron chi connectivity index (χ4n) is 0.0994. The molecule has 0 nitrogen and oxygen atoms in total. The average Bonchev–Trinajstić information content (AvgIpc) is 1.65. The summed E-state index contributed by atoms with van der Waals surface area (Å²) in [6.45, 7) is 1.04. The van der Waals surface area contributed by atoms with Crippen LogP contribution in [0.1, 0.15) is 6.92 Å². The van der Waals surface area contributed by atoms with Gasteiger partial charge in [0.1, 0.15) is 11.7 Å². The summed E-state index contributed by atoms with van der Waals surface area (Å²) < 4.78 is 23.2.